The van der Waals surface area contributed by atoms with E-state index < -0.39 is 11.8 Å². The van der Waals surface area contributed by atoms with Crippen molar-refractivity contribution in [2.24, 2.45) is 5.92 Å². The molecule has 3 rings (SSSR count). The molecule has 0 atom stereocenters. The first kappa shape index (κ1) is 17.6. The quantitative estimate of drug-likeness (QED) is 0.864. The second-order valence-corrected chi connectivity index (χ2v) is 6.52. The van der Waals surface area contributed by atoms with Crippen molar-refractivity contribution in [2.75, 3.05) is 13.2 Å². The second kappa shape index (κ2) is 7.37. The van der Waals surface area contributed by atoms with Crippen molar-refractivity contribution in [1.82, 2.24) is 4.98 Å². The number of oxazole rings is 1. The normalized spacial score (nSPS) is 23.5. The highest BCUT2D eigenvalue weighted by Gasteiger charge is 2.40. The number of carbonyl (C=O) groups is 1. The van der Waals surface area contributed by atoms with E-state index in [1.165, 1.54) is 6.92 Å². The second-order valence-electron chi connectivity index (χ2n) is 6.52. The van der Waals surface area contributed by atoms with E-state index in [1.807, 2.05) is 37.3 Å². The lowest BCUT2D eigenvalue weighted by atomic mass is 10.0. The molecule has 6 nitrogen and oxygen atoms in total. The molecule has 1 aromatic carbocycles. The zero-order valence-corrected chi connectivity index (χ0v) is 14.5. The van der Waals surface area contributed by atoms with Gasteiger partial charge < -0.3 is 19.0 Å². The number of hydrogen-bond donors (Lipinski definition) is 1. The summed E-state index contributed by atoms with van der Waals surface area (Å²) in [6.07, 6.45) is 2.63. The Labute approximate surface area is 146 Å². The van der Waals surface area contributed by atoms with Crippen LogP contribution in [0.3, 0.4) is 0 Å². The lowest BCUT2D eigenvalue weighted by Gasteiger charge is -2.34. The van der Waals surface area contributed by atoms with Gasteiger partial charge >= 0.3 is 5.97 Å². The molecule has 0 aliphatic carbocycles. The number of aromatic nitrogens is 1. The van der Waals surface area contributed by atoms with E-state index in [-0.39, 0.29) is 5.92 Å². The minimum Gasteiger partial charge on any atom is -0.477 e. The van der Waals surface area contributed by atoms with E-state index in [9.17, 15) is 4.79 Å². The van der Waals surface area contributed by atoms with E-state index in [4.69, 9.17) is 19.0 Å². The van der Waals surface area contributed by atoms with Crippen LogP contribution in [0.4, 0.5) is 0 Å². The lowest BCUT2D eigenvalue weighted by molar-refractivity contribution is -0.271. The molecule has 25 heavy (non-hydrogen) atoms. The first-order valence-corrected chi connectivity index (χ1v) is 8.51. The fourth-order valence-corrected chi connectivity index (χ4v) is 2.86. The zero-order chi connectivity index (χ0) is 17.9. The smallest absolute Gasteiger partial charge is 0.364 e. The summed E-state index contributed by atoms with van der Waals surface area (Å²) in [7, 11) is 0. The highest BCUT2D eigenvalue weighted by molar-refractivity contribution is 5.75. The number of aliphatic carboxylic acids is 1. The van der Waals surface area contributed by atoms with Crippen molar-refractivity contribution in [1.29, 1.82) is 0 Å². The molecule has 134 valence electrons. The minimum atomic E-state index is -1.51. The van der Waals surface area contributed by atoms with E-state index in [2.05, 4.69) is 4.98 Å². The summed E-state index contributed by atoms with van der Waals surface area (Å²) in [6, 6.07) is 9.84. The Balaban J connectivity index is 1.50. The fourth-order valence-electron chi connectivity index (χ4n) is 2.86. The van der Waals surface area contributed by atoms with Gasteiger partial charge in [-0.1, -0.05) is 18.2 Å². The summed E-state index contributed by atoms with van der Waals surface area (Å²) in [5.74, 6) is -0.905. The molecular formula is C19H23NO5. The molecule has 0 saturated carbocycles. The van der Waals surface area contributed by atoms with Gasteiger partial charge in [0, 0.05) is 18.4 Å². The predicted molar refractivity (Wildman–Crippen MR) is 91.0 cm³/mol. The number of carboxylic acids is 1. The van der Waals surface area contributed by atoms with Gasteiger partial charge in [0.2, 0.25) is 5.89 Å². The highest BCUT2D eigenvalue weighted by Crippen LogP contribution is 2.26. The molecule has 0 unspecified atom stereocenters. The molecule has 1 fully saturated rings. The van der Waals surface area contributed by atoms with E-state index in [0.717, 1.165) is 36.3 Å². The summed E-state index contributed by atoms with van der Waals surface area (Å²) in [6.45, 7) is 4.17. The molecule has 2 heterocycles. The number of carboxylic acid groups (broad SMARTS) is 1. The van der Waals surface area contributed by atoms with Crippen LogP contribution in [0.15, 0.2) is 34.7 Å². The van der Waals surface area contributed by atoms with Gasteiger partial charge in [0.15, 0.2) is 0 Å². The van der Waals surface area contributed by atoms with Gasteiger partial charge in [0.25, 0.3) is 5.79 Å². The number of benzene rings is 1. The molecule has 1 aromatic heterocycles. The minimum absolute atomic E-state index is 0.202. The summed E-state index contributed by atoms with van der Waals surface area (Å²) in [4.78, 5) is 15.7. The number of hydrogen-bond acceptors (Lipinski definition) is 5. The SMILES string of the molecule is Cc1oc(-c2ccccc2)nc1CCC[C@H]1CO[C@@](C)(C(=O)O)OC1. The maximum atomic E-state index is 11.1. The number of nitrogens with zero attached hydrogens (tertiary/aromatic N) is 1. The van der Waals surface area contributed by atoms with Crippen molar-refractivity contribution in [3.8, 4) is 11.5 Å². The van der Waals surface area contributed by atoms with E-state index in [1.54, 1.807) is 0 Å². The van der Waals surface area contributed by atoms with Crippen LogP contribution in [-0.4, -0.2) is 35.1 Å². The molecule has 0 radical (unpaired) electrons. The van der Waals surface area contributed by atoms with Crippen molar-refractivity contribution in [2.45, 2.75) is 38.9 Å². The molecule has 1 N–H and O–H groups in total. The number of aryl methyl sites for hydroxylation is 2. The topological polar surface area (TPSA) is 81.8 Å². The Morgan fingerprint density at radius 1 is 1.28 bits per heavy atom. The summed E-state index contributed by atoms with van der Waals surface area (Å²) in [5, 5.41) is 9.07. The van der Waals surface area contributed by atoms with Gasteiger partial charge in [-0.15, -0.1) is 0 Å². The first-order valence-electron chi connectivity index (χ1n) is 8.51. The number of rotatable bonds is 6. The van der Waals surface area contributed by atoms with Gasteiger partial charge in [-0.25, -0.2) is 9.78 Å². The Hall–Kier alpha value is -2.18. The van der Waals surface area contributed by atoms with Gasteiger partial charge in [0.05, 0.1) is 18.9 Å². The average Bonchev–Trinajstić information content (AvgIpc) is 2.98. The van der Waals surface area contributed by atoms with Crippen LogP contribution in [0.2, 0.25) is 0 Å². The zero-order valence-electron chi connectivity index (χ0n) is 14.5. The standard InChI is InChI=1S/C19H23NO5/c1-13-16(20-17(25-13)15-8-4-3-5-9-15)10-6-7-14-11-23-19(2,18(21)22)24-12-14/h3-5,8-9,14H,6-7,10-12H2,1-2H3,(H,21,22)/t14-,19+. The molecule has 0 bridgehead atoms. The Bertz CT molecular complexity index is 717. The van der Waals surface area contributed by atoms with E-state index >= 15 is 0 Å². The van der Waals surface area contributed by atoms with Crippen LogP contribution in [0.1, 0.15) is 31.2 Å². The molecule has 0 amide bonds. The van der Waals surface area contributed by atoms with Crippen LogP contribution in [0.25, 0.3) is 11.5 Å². The number of ether oxygens (including phenoxy) is 2. The fraction of sp³-hybridized carbons (Fsp3) is 0.474. The molecule has 2 aromatic rings. The van der Waals surface area contributed by atoms with Crippen LogP contribution >= 0.6 is 0 Å². The van der Waals surface area contributed by atoms with Crippen molar-refractivity contribution >= 4 is 5.97 Å². The van der Waals surface area contributed by atoms with Crippen molar-refractivity contribution in [3.05, 3.63) is 41.8 Å². The Kier molecular flexibility index (Phi) is 5.20. The van der Waals surface area contributed by atoms with Crippen molar-refractivity contribution in [3.63, 3.8) is 0 Å². The summed E-state index contributed by atoms with van der Waals surface area (Å²) < 4.78 is 16.5. The Morgan fingerprint density at radius 2 is 1.96 bits per heavy atom. The van der Waals surface area contributed by atoms with Crippen LogP contribution in [0.5, 0.6) is 0 Å². The maximum absolute atomic E-state index is 11.1. The van der Waals surface area contributed by atoms with E-state index in [0.29, 0.717) is 19.1 Å². The molecule has 6 heteroatoms. The van der Waals surface area contributed by atoms with Gasteiger partial charge in [-0.05, 0) is 38.3 Å². The van der Waals surface area contributed by atoms with Crippen LogP contribution < -0.4 is 0 Å². The van der Waals surface area contributed by atoms with Crippen molar-refractivity contribution < 1.29 is 23.8 Å². The molecule has 1 aliphatic heterocycles. The maximum Gasteiger partial charge on any atom is 0.364 e. The monoisotopic (exact) mass is 345 g/mol. The third-order valence-electron chi connectivity index (χ3n) is 4.52. The summed E-state index contributed by atoms with van der Waals surface area (Å²) in [5.41, 5.74) is 1.94. The lowest BCUT2D eigenvalue weighted by Crippen LogP contribution is -2.47. The molecule has 1 saturated heterocycles. The molecule has 0 spiro atoms. The third-order valence-corrected chi connectivity index (χ3v) is 4.52. The Morgan fingerprint density at radius 3 is 2.60 bits per heavy atom. The summed E-state index contributed by atoms with van der Waals surface area (Å²) >= 11 is 0. The van der Waals surface area contributed by atoms with Crippen LogP contribution in [-0.2, 0) is 20.7 Å². The predicted octanol–water partition coefficient (Wildman–Crippen LogP) is 3.44. The van der Waals surface area contributed by atoms with Gasteiger partial charge in [-0.2, -0.15) is 0 Å². The largest absolute Gasteiger partial charge is 0.477 e. The first-order chi connectivity index (χ1) is 12.0. The van der Waals surface area contributed by atoms with Gasteiger partial charge in [-0.3, -0.25) is 0 Å². The highest BCUT2D eigenvalue weighted by atomic mass is 16.7. The molecule has 1 aliphatic rings. The van der Waals surface area contributed by atoms with Crippen LogP contribution in [0, 0.1) is 12.8 Å². The molecular weight excluding hydrogens is 322 g/mol. The van der Waals surface area contributed by atoms with Gasteiger partial charge in [0.1, 0.15) is 5.76 Å². The third kappa shape index (κ3) is 4.08. The average molecular weight is 345 g/mol.